The summed E-state index contributed by atoms with van der Waals surface area (Å²) in [6.07, 6.45) is 5.24. The van der Waals surface area contributed by atoms with E-state index in [1.165, 1.54) is 5.56 Å². The Balaban J connectivity index is 1.33. The van der Waals surface area contributed by atoms with Gasteiger partial charge in [-0.1, -0.05) is 12.1 Å². The van der Waals surface area contributed by atoms with Crippen molar-refractivity contribution in [3.05, 3.63) is 29.8 Å². The van der Waals surface area contributed by atoms with Crippen LogP contribution in [0.4, 0.5) is 0 Å². The molecule has 1 heterocycles. The Labute approximate surface area is 167 Å². The number of amides is 1. The van der Waals surface area contributed by atoms with Crippen molar-refractivity contribution in [2.45, 2.75) is 50.7 Å². The number of carbonyl (C=O) groups is 1. The minimum Gasteiger partial charge on any atom is -0.484 e. The quantitative estimate of drug-likeness (QED) is 0.442. The first-order chi connectivity index (χ1) is 13.6. The van der Waals surface area contributed by atoms with Gasteiger partial charge < -0.3 is 25.4 Å². The number of benzene rings is 1. The van der Waals surface area contributed by atoms with E-state index >= 15 is 0 Å². The predicted molar refractivity (Wildman–Crippen MR) is 110 cm³/mol. The van der Waals surface area contributed by atoms with E-state index in [0.29, 0.717) is 11.8 Å². The molecule has 1 saturated heterocycles. The molecule has 154 valence electrons. The summed E-state index contributed by atoms with van der Waals surface area (Å²) in [4.78, 5) is 15.9. The molecule has 1 aromatic rings. The highest BCUT2D eigenvalue weighted by Crippen LogP contribution is 2.23. The first-order valence-electron chi connectivity index (χ1n) is 10.2. The highest BCUT2D eigenvalue weighted by Gasteiger charge is 2.29. The van der Waals surface area contributed by atoms with Crippen LogP contribution in [0.5, 0.6) is 5.75 Å². The molecule has 1 aromatic carbocycles. The van der Waals surface area contributed by atoms with Crippen LogP contribution in [-0.2, 0) is 16.0 Å². The number of ether oxygens (including phenoxy) is 2. The number of rotatable bonds is 9. The summed E-state index contributed by atoms with van der Waals surface area (Å²) in [6.45, 7) is 4.59. The van der Waals surface area contributed by atoms with Crippen molar-refractivity contribution in [1.29, 1.82) is 0 Å². The summed E-state index contributed by atoms with van der Waals surface area (Å²) < 4.78 is 11.3. The molecular formula is C21H32N4O3. The average Bonchev–Trinajstić information content (AvgIpc) is 3.41. The molecule has 2 aliphatic rings. The van der Waals surface area contributed by atoms with Crippen LogP contribution in [0, 0.1) is 0 Å². The average molecular weight is 389 g/mol. The Morgan fingerprint density at radius 3 is 2.71 bits per heavy atom. The van der Waals surface area contributed by atoms with Gasteiger partial charge in [0.05, 0.1) is 5.60 Å². The molecular weight excluding hydrogens is 356 g/mol. The molecule has 2 fully saturated rings. The molecule has 1 aliphatic carbocycles. The summed E-state index contributed by atoms with van der Waals surface area (Å²) in [5.41, 5.74) is 1.10. The SMILES string of the molecule is CN=C(NCCc1ccc(OCC(=O)NC2CC2)cc1)NCC1(C)CCCO1. The third-order valence-corrected chi connectivity index (χ3v) is 5.10. The van der Waals surface area contributed by atoms with Crippen LogP contribution in [0.2, 0.25) is 0 Å². The van der Waals surface area contributed by atoms with Crippen molar-refractivity contribution in [1.82, 2.24) is 16.0 Å². The van der Waals surface area contributed by atoms with Crippen LogP contribution < -0.4 is 20.7 Å². The molecule has 28 heavy (non-hydrogen) atoms. The van der Waals surface area contributed by atoms with E-state index in [-0.39, 0.29) is 18.1 Å². The number of aliphatic imine (C=N–C) groups is 1. The Hall–Kier alpha value is -2.28. The zero-order valence-electron chi connectivity index (χ0n) is 16.9. The summed E-state index contributed by atoms with van der Waals surface area (Å²) in [5.74, 6) is 1.45. The maximum Gasteiger partial charge on any atom is 0.258 e. The van der Waals surface area contributed by atoms with Gasteiger partial charge in [-0.3, -0.25) is 9.79 Å². The monoisotopic (exact) mass is 388 g/mol. The highest BCUT2D eigenvalue weighted by atomic mass is 16.5. The lowest BCUT2D eigenvalue weighted by atomic mass is 10.0. The fourth-order valence-corrected chi connectivity index (χ4v) is 3.19. The molecule has 0 bridgehead atoms. The molecule has 7 heteroatoms. The van der Waals surface area contributed by atoms with E-state index in [1.54, 1.807) is 7.05 Å². The van der Waals surface area contributed by atoms with Crippen LogP contribution in [0.1, 0.15) is 38.2 Å². The van der Waals surface area contributed by atoms with Gasteiger partial charge in [-0.15, -0.1) is 0 Å². The highest BCUT2D eigenvalue weighted by molar-refractivity contribution is 5.79. The van der Waals surface area contributed by atoms with Crippen molar-refractivity contribution in [3.63, 3.8) is 0 Å². The molecule has 1 saturated carbocycles. The Morgan fingerprint density at radius 2 is 2.07 bits per heavy atom. The van der Waals surface area contributed by atoms with E-state index < -0.39 is 0 Å². The summed E-state index contributed by atoms with van der Waals surface area (Å²) in [6, 6.07) is 8.24. The Bertz CT molecular complexity index is 665. The van der Waals surface area contributed by atoms with Crippen molar-refractivity contribution in [2.24, 2.45) is 4.99 Å². The molecule has 7 nitrogen and oxygen atoms in total. The van der Waals surface area contributed by atoms with Crippen LogP contribution in [-0.4, -0.2) is 56.9 Å². The summed E-state index contributed by atoms with van der Waals surface area (Å²) in [5, 5.41) is 9.60. The van der Waals surface area contributed by atoms with Crippen molar-refractivity contribution >= 4 is 11.9 Å². The number of nitrogens with one attached hydrogen (secondary N) is 3. The van der Waals surface area contributed by atoms with Gasteiger partial charge >= 0.3 is 0 Å². The minimum atomic E-state index is -0.0942. The molecule has 3 rings (SSSR count). The largest absolute Gasteiger partial charge is 0.484 e. The second-order valence-corrected chi connectivity index (χ2v) is 7.78. The lowest BCUT2D eigenvalue weighted by Crippen LogP contribution is -2.45. The maximum absolute atomic E-state index is 11.7. The van der Waals surface area contributed by atoms with Gasteiger partial charge in [0, 0.05) is 32.8 Å². The van der Waals surface area contributed by atoms with Gasteiger partial charge in [-0.25, -0.2) is 0 Å². The van der Waals surface area contributed by atoms with Crippen LogP contribution in [0.3, 0.4) is 0 Å². The lowest BCUT2D eigenvalue weighted by molar-refractivity contribution is -0.123. The lowest BCUT2D eigenvalue weighted by Gasteiger charge is -2.24. The Morgan fingerprint density at radius 1 is 1.29 bits per heavy atom. The number of guanidine groups is 1. The predicted octanol–water partition coefficient (Wildman–Crippen LogP) is 1.62. The first-order valence-corrected chi connectivity index (χ1v) is 10.2. The second-order valence-electron chi connectivity index (χ2n) is 7.78. The van der Waals surface area contributed by atoms with E-state index in [2.05, 4.69) is 27.9 Å². The number of hydrogen-bond acceptors (Lipinski definition) is 4. The van der Waals surface area contributed by atoms with E-state index in [9.17, 15) is 4.79 Å². The van der Waals surface area contributed by atoms with Crippen LogP contribution >= 0.6 is 0 Å². The second kappa shape index (κ2) is 9.78. The van der Waals surface area contributed by atoms with Crippen LogP contribution in [0.25, 0.3) is 0 Å². The topological polar surface area (TPSA) is 84.0 Å². The van der Waals surface area contributed by atoms with E-state index in [1.807, 2.05) is 24.3 Å². The van der Waals surface area contributed by atoms with Crippen molar-refractivity contribution in [3.8, 4) is 5.75 Å². The summed E-state index contributed by atoms with van der Waals surface area (Å²) >= 11 is 0. The Kier molecular flexibility index (Phi) is 7.14. The van der Waals surface area contributed by atoms with Gasteiger partial charge in [0.1, 0.15) is 5.75 Å². The van der Waals surface area contributed by atoms with Gasteiger partial charge in [0.2, 0.25) is 0 Å². The van der Waals surface area contributed by atoms with Crippen molar-refractivity contribution < 1.29 is 14.3 Å². The molecule has 1 atom stereocenters. The fourth-order valence-electron chi connectivity index (χ4n) is 3.19. The zero-order chi connectivity index (χ0) is 19.8. The number of carbonyl (C=O) groups excluding carboxylic acids is 1. The molecule has 0 aromatic heterocycles. The van der Waals surface area contributed by atoms with Gasteiger partial charge in [0.15, 0.2) is 12.6 Å². The number of nitrogens with zero attached hydrogens (tertiary/aromatic N) is 1. The summed E-state index contributed by atoms with van der Waals surface area (Å²) in [7, 11) is 1.78. The smallest absolute Gasteiger partial charge is 0.258 e. The normalized spacial score (nSPS) is 22.0. The molecule has 1 unspecified atom stereocenters. The number of hydrogen-bond donors (Lipinski definition) is 3. The van der Waals surface area contributed by atoms with Crippen LogP contribution in [0.15, 0.2) is 29.3 Å². The third-order valence-electron chi connectivity index (χ3n) is 5.10. The van der Waals surface area contributed by atoms with E-state index in [4.69, 9.17) is 9.47 Å². The molecule has 0 radical (unpaired) electrons. The standard InChI is InChI=1S/C21H32N4O3/c1-21(11-3-13-28-21)15-24-20(22-2)23-12-10-16-4-8-18(9-5-16)27-14-19(26)25-17-6-7-17/h4-5,8-9,17H,3,6-7,10-15H2,1-2H3,(H,25,26)(H2,22,23,24). The minimum absolute atomic E-state index is 0.0495. The van der Waals surface area contributed by atoms with Gasteiger partial charge in [-0.2, -0.15) is 0 Å². The zero-order valence-corrected chi connectivity index (χ0v) is 16.9. The molecule has 0 spiro atoms. The molecule has 1 aliphatic heterocycles. The molecule has 3 N–H and O–H groups in total. The molecule has 1 amide bonds. The van der Waals surface area contributed by atoms with Crippen molar-refractivity contribution in [2.75, 3.05) is 33.4 Å². The van der Waals surface area contributed by atoms with E-state index in [0.717, 1.165) is 57.8 Å². The first kappa shape index (κ1) is 20.5. The maximum atomic E-state index is 11.7. The van der Waals surface area contributed by atoms with Gasteiger partial charge in [-0.05, 0) is 56.7 Å². The third kappa shape index (κ3) is 6.71. The fraction of sp³-hybridized carbons (Fsp3) is 0.619. The van der Waals surface area contributed by atoms with Gasteiger partial charge in [0.25, 0.3) is 5.91 Å².